The molecule has 2 spiro atoms. The summed E-state index contributed by atoms with van der Waals surface area (Å²) in [6, 6.07) is 3.63. The van der Waals surface area contributed by atoms with Crippen LogP contribution in [-0.4, -0.2) is 106 Å². The molecule has 6 heterocycles. The fourth-order valence-corrected chi connectivity index (χ4v) is 6.84. The predicted octanol–water partition coefficient (Wildman–Crippen LogP) is 0.936. The van der Waals surface area contributed by atoms with Gasteiger partial charge in [-0.3, -0.25) is 19.6 Å². The number of methoxy groups -OCH3 is 1. The van der Waals surface area contributed by atoms with Gasteiger partial charge in [-0.2, -0.15) is 5.10 Å². The standard InChI is InChI=1S/C27H34FN7O4/c1-38-23-8-18(19(28)11-30-23)20-9-21(33-32-20)25(37)35-7-2-16(10-26(35)4-5-26)24(36)31-17-3-6-34(12-17)22-13-39-27(22)14-29-15-27/h8-9,11,16-17,22,29H,2-7,10,12-15H2,1H3,(H,31,36)(H,32,33)/t16-,17+,22-/m0/s1. The number of hydrogen-bond donors (Lipinski definition) is 3. The third-order valence-corrected chi connectivity index (χ3v) is 9.46. The molecule has 4 saturated heterocycles. The van der Waals surface area contributed by atoms with E-state index in [1.807, 2.05) is 4.90 Å². The molecule has 3 N–H and O–H groups in total. The summed E-state index contributed by atoms with van der Waals surface area (Å²) in [7, 11) is 1.46. The average Bonchev–Trinajstić information content (AvgIpc) is 3.26. The van der Waals surface area contributed by atoms with Crippen LogP contribution in [0.25, 0.3) is 11.3 Å². The Hall–Kier alpha value is -3.09. The first kappa shape index (κ1) is 24.9. The second kappa shape index (κ2) is 9.24. The van der Waals surface area contributed by atoms with Crippen molar-refractivity contribution in [3.05, 3.63) is 29.8 Å². The number of ether oxygens (including phenoxy) is 2. The van der Waals surface area contributed by atoms with Crippen molar-refractivity contribution >= 4 is 11.8 Å². The smallest absolute Gasteiger partial charge is 0.272 e. The van der Waals surface area contributed by atoms with E-state index in [2.05, 4.69) is 30.7 Å². The van der Waals surface area contributed by atoms with E-state index in [-0.39, 0.29) is 46.4 Å². The highest BCUT2D eigenvalue weighted by molar-refractivity contribution is 5.94. The van der Waals surface area contributed by atoms with Gasteiger partial charge in [-0.1, -0.05) is 0 Å². The molecular formula is C27H34FN7O4. The zero-order chi connectivity index (χ0) is 26.8. The molecule has 3 atom stereocenters. The molecule has 11 nitrogen and oxygen atoms in total. The highest BCUT2D eigenvalue weighted by Gasteiger charge is 2.57. The monoisotopic (exact) mass is 539 g/mol. The number of hydrogen-bond acceptors (Lipinski definition) is 8. The third kappa shape index (κ3) is 4.20. The maximum absolute atomic E-state index is 14.4. The Kier molecular flexibility index (Phi) is 5.90. The van der Waals surface area contributed by atoms with Crippen LogP contribution >= 0.6 is 0 Å². The van der Waals surface area contributed by atoms with E-state index in [1.165, 1.54) is 13.2 Å². The van der Waals surface area contributed by atoms with E-state index < -0.39 is 5.82 Å². The summed E-state index contributed by atoms with van der Waals surface area (Å²) in [4.78, 5) is 35.0. The maximum atomic E-state index is 14.4. The number of likely N-dealkylation sites (tertiary alicyclic amines) is 2. The van der Waals surface area contributed by atoms with Gasteiger partial charge in [-0.25, -0.2) is 9.37 Å². The topological polar surface area (TPSA) is 125 Å². The molecule has 0 aromatic carbocycles. The van der Waals surface area contributed by atoms with Crippen LogP contribution in [0.15, 0.2) is 18.3 Å². The summed E-state index contributed by atoms with van der Waals surface area (Å²) in [6.07, 6.45) is 5.10. The Morgan fingerprint density at radius 1 is 1.23 bits per heavy atom. The lowest BCUT2D eigenvalue weighted by Gasteiger charge is -2.58. The van der Waals surface area contributed by atoms with E-state index in [0.717, 1.165) is 58.2 Å². The lowest BCUT2D eigenvalue weighted by atomic mass is 9.82. The highest BCUT2D eigenvalue weighted by atomic mass is 19.1. The molecule has 2 amide bonds. The van der Waals surface area contributed by atoms with Crippen LogP contribution in [0.1, 0.15) is 42.6 Å². The van der Waals surface area contributed by atoms with Gasteiger partial charge >= 0.3 is 0 Å². The summed E-state index contributed by atoms with van der Waals surface area (Å²) in [5.74, 6) is -0.439. The number of pyridine rings is 1. The van der Waals surface area contributed by atoms with E-state index in [1.54, 1.807) is 6.07 Å². The maximum Gasteiger partial charge on any atom is 0.272 e. The normalized spacial score (nSPS) is 28.7. The molecule has 1 aliphatic carbocycles. The first-order valence-corrected chi connectivity index (χ1v) is 13.9. The molecular weight excluding hydrogens is 505 g/mol. The molecule has 2 aromatic rings. The van der Waals surface area contributed by atoms with Gasteiger partial charge < -0.3 is 25.0 Å². The van der Waals surface area contributed by atoms with Crippen molar-refractivity contribution < 1.29 is 23.5 Å². The van der Waals surface area contributed by atoms with Crippen molar-refractivity contribution in [2.75, 3.05) is 46.4 Å². The number of rotatable bonds is 6. The number of carbonyl (C=O) groups excluding carboxylic acids is 2. The molecule has 0 unspecified atom stereocenters. The lowest BCUT2D eigenvalue weighted by molar-refractivity contribution is -0.232. The molecule has 0 bridgehead atoms. The average molecular weight is 540 g/mol. The van der Waals surface area contributed by atoms with Gasteiger partial charge in [0.05, 0.1) is 31.6 Å². The van der Waals surface area contributed by atoms with Crippen molar-refractivity contribution in [2.24, 2.45) is 5.92 Å². The Morgan fingerprint density at radius 2 is 2.08 bits per heavy atom. The molecule has 12 heteroatoms. The number of halogens is 1. The molecule has 0 radical (unpaired) electrons. The Morgan fingerprint density at radius 3 is 2.77 bits per heavy atom. The zero-order valence-electron chi connectivity index (χ0n) is 22.0. The van der Waals surface area contributed by atoms with Crippen molar-refractivity contribution in [1.82, 2.24) is 35.6 Å². The van der Waals surface area contributed by atoms with Crippen LogP contribution in [0.4, 0.5) is 4.39 Å². The lowest BCUT2D eigenvalue weighted by Crippen LogP contribution is -2.78. The van der Waals surface area contributed by atoms with E-state index in [4.69, 9.17) is 9.47 Å². The number of aromatic nitrogens is 3. The van der Waals surface area contributed by atoms with Gasteiger partial charge in [0.15, 0.2) is 5.82 Å². The first-order valence-electron chi connectivity index (χ1n) is 13.9. The van der Waals surface area contributed by atoms with Gasteiger partial charge in [-0.05, 0) is 38.2 Å². The Labute approximate surface area is 225 Å². The van der Waals surface area contributed by atoms with Crippen LogP contribution in [0, 0.1) is 11.7 Å². The SMILES string of the molecule is COc1cc(-c2cc(C(=O)N3CC[C@H](C(=O)N[C@@H]4CCN([C@H]5COC56CNC6)C4)CC34CC4)[nH]n2)c(F)cn1. The number of carbonyl (C=O) groups is 2. The van der Waals surface area contributed by atoms with Crippen LogP contribution in [0.5, 0.6) is 5.88 Å². The summed E-state index contributed by atoms with van der Waals surface area (Å²) in [5.41, 5.74) is 0.533. The summed E-state index contributed by atoms with van der Waals surface area (Å²) < 4.78 is 25.3. The second-order valence-corrected chi connectivity index (χ2v) is 11.7. The highest BCUT2D eigenvalue weighted by Crippen LogP contribution is 2.50. The van der Waals surface area contributed by atoms with Crippen LogP contribution in [0.2, 0.25) is 0 Å². The van der Waals surface area contributed by atoms with E-state index in [0.29, 0.717) is 36.8 Å². The van der Waals surface area contributed by atoms with Crippen LogP contribution in [0.3, 0.4) is 0 Å². The largest absolute Gasteiger partial charge is 0.481 e. The zero-order valence-corrected chi connectivity index (χ0v) is 22.0. The summed E-state index contributed by atoms with van der Waals surface area (Å²) >= 11 is 0. The molecule has 7 rings (SSSR count). The first-order chi connectivity index (χ1) is 18.9. The van der Waals surface area contributed by atoms with Crippen molar-refractivity contribution in [1.29, 1.82) is 0 Å². The Balaban J connectivity index is 0.968. The van der Waals surface area contributed by atoms with Gasteiger partial charge in [0.2, 0.25) is 11.8 Å². The van der Waals surface area contributed by atoms with Crippen molar-refractivity contribution in [3.63, 3.8) is 0 Å². The number of nitrogens with zero attached hydrogens (tertiary/aromatic N) is 4. The Bertz CT molecular complexity index is 1290. The second-order valence-electron chi connectivity index (χ2n) is 11.7. The van der Waals surface area contributed by atoms with E-state index >= 15 is 0 Å². The molecule has 4 aliphatic heterocycles. The molecule has 208 valence electrons. The van der Waals surface area contributed by atoms with Crippen LogP contribution in [-0.2, 0) is 9.53 Å². The molecule has 1 saturated carbocycles. The number of nitrogens with one attached hydrogen (secondary N) is 3. The fraction of sp³-hybridized carbons (Fsp3) is 0.630. The summed E-state index contributed by atoms with van der Waals surface area (Å²) in [6.45, 7) is 4.98. The number of amides is 2. The molecule has 2 aromatic heterocycles. The quantitative estimate of drug-likeness (QED) is 0.496. The minimum atomic E-state index is -0.544. The fourth-order valence-electron chi connectivity index (χ4n) is 6.84. The van der Waals surface area contributed by atoms with Gasteiger partial charge in [-0.15, -0.1) is 0 Å². The minimum absolute atomic E-state index is 0.00856. The number of aromatic amines is 1. The molecule has 5 fully saturated rings. The van der Waals surface area contributed by atoms with Crippen molar-refractivity contribution in [2.45, 2.75) is 55.3 Å². The van der Waals surface area contributed by atoms with Gasteiger partial charge in [0, 0.05) is 61.9 Å². The molecule has 39 heavy (non-hydrogen) atoms. The van der Waals surface area contributed by atoms with Gasteiger partial charge in [0.1, 0.15) is 11.3 Å². The third-order valence-electron chi connectivity index (χ3n) is 9.46. The molecule has 5 aliphatic rings. The van der Waals surface area contributed by atoms with E-state index in [9.17, 15) is 14.0 Å². The summed E-state index contributed by atoms with van der Waals surface area (Å²) in [5, 5.41) is 13.6. The van der Waals surface area contributed by atoms with Gasteiger partial charge in [0.25, 0.3) is 5.91 Å². The number of H-pyrrole nitrogens is 1. The van der Waals surface area contributed by atoms with Crippen LogP contribution < -0.4 is 15.4 Å². The van der Waals surface area contributed by atoms with Crippen molar-refractivity contribution in [3.8, 4) is 17.1 Å². The predicted molar refractivity (Wildman–Crippen MR) is 138 cm³/mol. The number of piperidine rings is 1. The minimum Gasteiger partial charge on any atom is -0.481 e.